The topological polar surface area (TPSA) is 72.4 Å². The van der Waals surface area contributed by atoms with Gasteiger partial charge in [0.25, 0.3) is 5.91 Å². The van der Waals surface area contributed by atoms with Crippen LogP contribution in [0.1, 0.15) is 23.8 Å². The molecular weight excluding hydrogens is 194 g/mol. The van der Waals surface area contributed by atoms with Crippen LogP contribution < -0.4 is 5.73 Å². The van der Waals surface area contributed by atoms with Crippen LogP contribution in [0.5, 0.6) is 0 Å². The van der Waals surface area contributed by atoms with Crippen molar-refractivity contribution >= 4 is 5.91 Å². The molecule has 1 saturated heterocycles. The van der Waals surface area contributed by atoms with E-state index in [1.54, 1.807) is 6.07 Å². The SMILES string of the molecule is CC1CC(CN)CN1C(=O)c1ccon1. The van der Waals surface area contributed by atoms with Crippen molar-refractivity contribution in [2.24, 2.45) is 11.7 Å². The maximum atomic E-state index is 11.9. The Balaban J connectivity index is 2.09. The molecule has 5 heteroatoms. The van der Waals surface area contributed by atoms with Crippen LogP contribution in [0.15, 0.2) is 16.9 Å². The molecule has 2 heterocycles. The molecule has 0 bridgehead atoms. The van der Waals surface area contributed by atoms with Gasteiger partial charge in [-0.3, -0.25) is 4.79 Å². The Morgan fingerprint density at radius 2 is 2.60 bits per heavy atom. The fraction of sp³-hybridized carbons (Fsp3) is 0.600. The van der Waals surface area contributed by atoms with E-state index < -0.39 is 0 Å². The molecule has 1 aliphatic rings. The average molecular weight is 209 g/mol. The number of carbonyl (C=O) groups excluding carboxylic acids is 1. The molecule has 0 aliphatic carbocycles. The van der Waals surface area contributed by atoms with Crippen LogP contribution in [0, 0.1) is 5.92 Å². The molecule has 15 heavy (non-hydrogen) atoms. The highest BCUT2D eigenvalue weighted by Gasteiger charge is 2.32. The summed E-state index contributed by atoms with van der Waals surface area (Å²) in [5, 5.41) is 3.65. The van der Waals surface area contributed by atoms with Gasteiger partial charge in [0.15, 0.2) is 5.69 Å². The lowest BCUT2D eigenvalue weighted by Gasteiger charge is -2.19. The van der Waals surface area contributed by atoms with Gasteiger partial charge in [-0.25, -0.2) is 0 Å². The van der Waals surface area contributed by atoms with Crippen molar-refractivity contribution in [3.63, 3.8) is 0 Å². The highest BCUT2D eigenvalue weighted by Crippen LogP contribution is 2.23. The zero-order chi connectivity index (χ0) is 10.8. The third-order valence-electron chi connectivity index (χ3n) is 2.91. The largest absolute Gasteiger partial charge is 0.364 e. The second-order valence-electron chi connectivity index (χ2n) is 4.03. The molecule has 1 amide bonds. The number of nitrogens with two attached hydrogens (primary N) is 1. The summed E-state index contributed by atoms with van der Waals surface area (Å²) in [6, 6.07) is 1.83. The van der Waals surface area contributed by atoms with Crippen LogP contribution in [0.25, 0.3) is 0 Å². The molecule has 0 aromatic carbocycles. The number of carbonyl (C=O) groups is 1. The Bertz CT molecular complexity index is 336. The van der Waals surface area contributed by atoms with E-state index in [4.69, 9.17) is 5.73 Å². The fourth-order valence-electron chi connectivity index (χ4n) is 2.07. The molecule has 1 aromatic rings. The maximum Gasteiger partial charge on any atom is 0.276 e. The van der Waals surface area contributed by atoms with Crippen molar-refractivity contribution in [3.05, 3.63) is 18.0 Å². The summed E-state index contributed by atoms with van der Waals surface area (Å²) in [4.78, 5) is 13.8. The predicted molar refractivity (Wildman–Crippen MR) is 54.2 cm³/mol. The van der Waals surface area contributed by atoms with E-state index in [2.05, 4.69) is 9.68 Å². The lowest BCUT2D eigenvalue weighted by atomic mass is 10.1. The third-order valence-corrected chi connectivity index (χ3v) is 2.91. The average Bonchev–Trinajstić information content (AvgIpc) is 2.85. The van der Waals surface area contributed by atoms with Gasteiger partial charge in [0.05, 0.1) is 0 Å². The van der Waals surface area contributed by atoms with Crippen LogP contribution in [0.3, 0.4) is 0 Å². The van der Waals surface area contributed by atoms with Gasteiger partial charge < -0.3 is 15.2 Å². The van der Waals surface area contributed by atoms with E-state index in [0.29, 0.717) is 18.2 Å². The van der Waals surface area contributed by atoms with Gasteiger partial charge in [0.2, 0.25) is 0 Å². The summed E-state index contributed by atoms with van der Waals surface area (Å²) in [7, 11) is 0. The zero-order valence-corrected chi connectivity index (χ0v) is 8.72. The minimum atomic E-state index is -0.0628. The Morgan fingerprint density at radius 3 is 3.13 bits per heavy atom. The molecule has 1 fully saturated rings. The minimum Gasteiger partial charge on any atom is -0.364 e. The van der Waals surface area contributed by atoms with E-state index >= 15 is 0 Å². The van der Waals surface area contributed by atoms with Crippen molar-refractivity contribution in [1.29, 1.82) is 0 Å². The molecule has 1 aromatic heterocycles. The summed E-state index contributed by atoms with van der Waals surface area (Å²) in [5.41, 5.74) is 5.98. The van der Waals surface area contributed by atoms with Crippen molar-refractivity contribution in [3.8, 4) is 0 Å². The maximum absolute atomic E-state index is 11.9. The van der Waals surface area contributed by atoms with E-state index in [-0.39, 0.29) is 11.9 Å². The first kappa shape index (κ1) is 10.2. The molecule has 2 rings (SSSR count). The lowest BCUT2D eigenvalue weighted by molar-refractivity contribution is 0.0733. The van der Waals surface area contributed by atoms with Crippen LogP contribution >= 0.6 is 0 Å². The monoisotopic (exact) mass is 209 g/mol. The predicted octanol–water partition coefficient (Wildman–Crippen LogP) is 0.484. The van der Waals surface area contributed by atoms with Crippen LogP contribution in [0.4, 0.5) is 0 Å². The van der Waals surface area contributed by atoms with Crippen molar-refractivity contribution < 1.29 is 9.32 Å². The minimum absolute atomic E-state index is 0.0628. The van der Waals surface area contributed by atoms with Gasteiger partial charge in [-0.2, -0.15) is 0 Å². The van der Waals surface area contributed by atoms with Crippen molar-refractivity contribution in [2.45, 2.75) is 19.4 Å². The van der Waals surface area contributed by atoms with Gasteiger partial charge in [0.1, 0.15) is 6.26 Å². The molecule has 5 nitrogen and oxygen atoms in total. The number of aromatic nitrogens is 1. The highest BCUT2D eigenvalue weighted by atomic mass is 16.5. The molecule has 0 saturated carbocycles. The van der Waals surface area contributed by atoms with Gasteiger partial charge >= 0.3 is 0 Å². The number of amides is 1. The molecule has 0 radical (unpaired) electrons. The van der Waals surface area contributed by atoms with Crippen LogP contribution in [-0.4, -0.2) is 35.1 Å². The number of likely N-dealkylation sites (tertiary alicyclic amines) is 1. The Hall–Kier alpha value is -1.36. The summed E-state index contributed by atoms with van der Waals surface area (Å²) < 4.78 is 4.66. The van der Waals surface area contributed by atoms with Gasteiger partial charge in [0, 0.05) is 18.7 Å². The second kappa shape index (κ2) is 4.02. The quantitative estimate of drug-likeness (QED) is 0.769. The van der Waals surface area contributed by atoms with E-state index in [9.17, 15) is 4.79 Å². The van der Waals surface area contributed by atoms with Gasteiger partial charge in [-0.1, -0.05) is 5.16 Å². The smallest absolute Gasteiger partial charge is 0.276 e. The number of nitrogens with zero attached hydrogens (tertiary/aromatic N) is 2. The summed E-state index contributed by atoms with van der Waals surface area (Å²) in [6.45, 7) is 3.39. The van der Waals surface area contributed by atoms with Gasteiger partial charge in [-0.05, 0) is 25.8 Å². The lowest BCUT2D eigenvalue weighted by Crippen LogP contribution is -2.34. The van der Waals surface area contributed by atoms with Crippen LogP contribution in [0.2, 0.25) is 0 Å². The molecule has 2 atom stereocenters. The van der Waals surface area contributed by atoms with E-state index in [1.807, 2.05) is 11.8 Å². The standard InChI is InChI=1S/C10H15N3O2/c1-7-4-8(5-11)6-13(7)10(14)9-2-3-15-12-9/h2-3,7-8H,4-6,11H2,1H3. The van der Waals surface area contributed by atoms with Gasteiger partial charge in [-0.15, -0.1) is 0 Å². The summed E-state index contributed by atoms with van der Waals surface area (Å²) in [6.07, 6.45) is 2.38. The molecule has 0 spiro atoms. The van der Waals surface area contributed by atoms with Crippen molar-refractivity contribution in [2.75, 3.05) is 13.1 Å². The zero-order valence-electron chi connectivity index (χ0n) is 8.72. The Kier molecular flexibility index (Phi) is 2.73. The molecule has 2 N–H and O–H groups in total. The number of rotatable bonds is 2. The Labute approximate surface area is 88.2 Å². The van der Waals surface area contributed by atoms with E-state index in [1.165, 1.54) is 6.26 Å². The summed E-state index contributed by atoms with van der Waals surface area (Å²) in [5.74, 6) is 0.350. The second-order valence-corrected chi connectivity index (χ2v) is 4.03. The third kappa shape index (κ3) is 1.87. The molecule has 1 aliphatic heterocycles. The highest BCUT2D eigenvalue weighted by molar-refractivity contribution is 5.92. The van der Waals surface area contributed by atoms with Crippen LogP contribution in [-0.2, 0) is 0 Å². The molecule has 2 unspecified atom stereocenters. The van der Waals surface area contributed by atoms with Crippen molar-refractivity contribution in [1.82, 2.24) is 10.1 Å². The fourth-order valence-corrected chi connectivity index (χ4v) is 2.07. The normalized spacial score (nSPS) is 25.9. The molecule has 82 valence electrons. The Morgan fingerprint density at radius 1 is 1.80 bits per heavy atom. The first-order chi connectivity index (χ1) is 7.22. The first-order valence-corrected chi connectivity index (χ1v) is 5.13. The molecular formula is C10H15N3O2. The van der Waals surface area contributed by atoms with E-state index in [0.717, 1.165) is 13.0 Å². The summed E-state index contributed by atoms with van der Waals surface area (Å²) >= 11 is 0. The number of hydrogen-bond donors (Lipinski definition) is 1. The first-order valence-electron chi connectivity index (χ1n) is 5.13. The number of hydrogen-bond acceptors (Lipinski definition) is 4.